The molecule has 0 radical (unpaired) electrons. The lowest BCUT2D eigenvalue weighted by Gasteiger charge is -2.31. The second-order valence-electron chi connectivity index (χ2n) is 5.02. The molecule has 2 aromatic rings. The summed E-state index contributed by atoms with van der Waals surface area (Å²) < 4.78 is 34.2. The van der Waals surface area contributed by atoms with Gasteiger partial charge >= 0.3 is 0 Å². The van der Waals surface area contributed by atoms with Gasteiger partial charge in [0.25, 0.3) is 0 Å². The van der Waals surface area contributed by atoms with Crippen molar-refractivity contribution in [2.24, 2.45) is 10.9 Å². The van der Waals surface area contributed by atoms with Crippen molar-refractivity contribution in [2.75, 3.05) is 13.2 Å². The SMILES string of the molecule is N/C(=N\O)c1cccc(Oc2ccc3c(c2)S(O)(O)NCCO3)c1. The van der Waals surface area contributed by atoms with Crippen LogP contribution < -0.4 is 19.9 Å². The van der Waals surface area contributed by atoms with Crippen LogP contribution in [0.5, 0.6) is 17.2 Å². The van der Waals surface area contributed by atoms with Crippen LogP contribution in [0.2, 0.25) is 0 Å². The van der Waals surface area contributed by atoms with Gasteiger partial charge in [-0.15, -0.1) is 10.8 Å². The monoisotopic (exact) mass is 351 g/mol. The molecule has 1 aliphatic heterocycles. The Hall–Kier alpha value is -2.46. The minimum Gasteiger partial charge on any atom is -0.490 e. The summed E-state index contributed by atoms with van der Waals surface area (Å²) >= 11 is 0. The Bertz CT molecular complexity index is 781. The highest BCUT2D eigenvalue weighted by Gasteiger charge is 2.24. The Kier molecular flexibility index (Phi) is 4.49. The minimum absolute atomic E-state index is 0.0332. The van der Waals surface area contributed by atoms with Crippen molar-refractivity contribution in [3.63, 3.8) is 0 Å². The first-order chi connectivity index (χ1) is 11.5. The second-order valence-corrected chi connectivity index (χ2v) is 6.84. The minimum atomic E-state index is -3.15. The summed E-state index contributed by atoms with van der Waals surface area (Å²) in [5, 5.41) is 11.7. The van der Waals surface area contributed by atoms with Gasteiger partial charge in [0.05, 0.1) is 0 Å². The Balaban J connectivity index is 1.91. The van der Waals surface area contributed by atoms with Crippen molar-refractivity contribution < 1.29 is 23.8 Å². The van der Waals surface area contributed by atoms with Gasteiger partial charge in [-0.2, -0.15) is 0 Å². The maximum absolute atomic E-state index is 10.2. The molecule has 8 nitrogen and oxygen atoms in total. The van der Waals surface area contributed by atoms with E-state index in [-0.39, 0.29) is 10.7 Å². The number of ether oxygens (including phenoxy) is 2. The van der Waals surface area contributed by atoms with Crippen molar-refractivity contribution in [3.05, 3.63) is 48.0 Å². The lowest BCUT2D eigenvalue weighted by molar-refractivity contribution is 0.318. The zero-order valence-corrected chi connectivity index (χ0v) is 13.4. The van der Waals surface area contributed by atoms with Crippen molar-refractivity contribution in [1.82, 2.24) is 4.72 Å². The van der Waals surface area contributed by atoms with Gasteiger partial charge in [-0.25, -0.2) is 4.72 Å². The smallest absolute Gasteiger partial charge is 0.170 e. The van der Waals surface area contributed by atoms with Gasteiger partial charge in [0.2, 0.25) is 0 Å². The summed E-state index contributed by atoms with van der Waals surface area (Å²) in [7, 11) is -3.15. The van der Waals surface area contributed by atoms with Gasteiger partial charge < -0.3 is 20.4 Å². The number of benzene rings is 2. The number of fused-ring (bicyclic) bond motifs is 1. The van der Waals surface area contributed by atoms with E-state index < -0.39 is 10.8 Å². The number of oxime groups is 1. The van der Waals surface area contributed by atoms with E-state index in [0.29, 0.717) is 36.0 Å². The number of amidine groups is 1. The van der Waals surface area contributed by atoms with Gasteiger partial charge in [0.1, 0.15) is 28.8 Å². The summed E-state index contributed by atoms with van der Waals surface area (Å²) in [6.45, 7) is 0.667. The maximum Gasteiger partial charge on any atom is 0.170 e. The van der Waals surface area contributed by atoms with Crippen molar-refractivity contribution in [1.29, 1.82) is 0 Å². The van der Waals surface area contributed by atoms with Gasteiger partial charge in [0.15, 0.2) is 5.84 Å². The predicted octanol–water partition coefficient (Wildman–Crippen LogP) is 2.58. The normalized spacial score (nSPS) is 18.0. The van der Waals surface area contributed by atoms with E-state index in [0.717, 1.165) is 0 Å². The van der Waals surface area contributed by atoms with Crippen molar-refractivity contribution in [2.45, 2.75) is 4.90 Å². The topological polar surface area (TPSA) is 130 Å². The molecule has 9 heteroatoms. The highest BCUT2D eigenvalue weighted by molar-refractivity contribution is 8.22. The average molecular weight is 351 g/mol. The number of nitrogens with one attached hydrogen (secondary N) is 1. The van der Waals surface area contributed by atoms with Crippen LogP contribution in [0.25, 0.3) is 0 Å². The molecular weight excluding hydrogens is 334 g/mol. The molecule has 24 heavy (non-hydrogen) atoms. The molecule has 0 aliphatic carbocycles. The largest absolute Gasteiger partial charge is 0.490 e. The van der Waals surface area contributed by atoms with E-state index in [9.17, 15) is 9.11 Å². The highest BCUT2D eigenvalue weighted by Crippen LogP contribution is 2.51. The Morgan fingerprint density at radius 2 is 2.00 bits per heavy atom. The molecule has 2 aromatic carbocycles. The fourth-order valence-corrected chi connectivity index (χ4v) is 3.44. The molecule has 0 spiro atoms. The number of rotatable bonds is 3. The molecule has 128 valence electrons. The first-order valence-corrected chi connectivity index (χ1v) is 8.60. The fourth-order valence-electron chi connectivity index (χ4n) is 2.23. The van der Waals surface area contributed by atoms with Crippen LogP contribution in [0.1, 0.15) is 5.56 Å². The van der Waals surface area contributed by atoms with Crippen molar-refractivity contribution in [3.8, 4) is 17.2 Å². The fraction of sp³-hybridized carbons (Fsp3) is 0.133. The van der Waals surface area contributed by atoms with Gasteiger partial charge in [-0.05, 0) is 24.3 Å². The van der Waals surface area contributed by atoms with Gasteiger partial charge in [-0.3, -0.25) is 9.11 Å². The molecule has 0 aromatic heterocycles. The van der Waals surface area contributed by atoms with Crippen LogP contribution in [0.3, 0.4) is 0 Å². The lowest BCUT2D eigenvalue weighted by atomic mass is 10.2. The number of hydrogen-bond donors (Lipinski definition) is 5. The molecule has 3 rings (SSSR count). The van der Waals surface area contributed by atoms with Crippen LogP contribution in [0.4, 0.5) is 0 Å². The quantitative estimate of drug-likeness (QED) is 0.249. The molecule has 6 N–H and O–H groups in total. The van der Waals surface area contributed by atoms with Crippen LogP contribution in [-0.2, 0) is 0 Å². The van der Waals surface area contributed by atoms with E-state index in [4.69, 9.17) is 20.4 Å². The van der Waals surface area contributed by atoms with Gasteiger partial charge in [-0.1, -0.05) is 17.3 Å². The maximum atomic E-state index is 10.2. The highest BCUT2D eigenvalue weighted by atomic mass is 32.3. The number of nitrogens with zero attached hydrogens (tertiary/aromatic N) is 1. The van der Waals surface area contributed by atoms with Crippen molar-refractivity contribution >= 4 is 16.6 Å². The van der Waals surface area contributed by atoms with Crippen LogP contribution in [-0.4, -0.2) is 33.3 Å². The number of hydrogen-bond acceptors (Lipinski definition) is 7. The van der Waals surface area contributed by atoms with E-state index >= 15 is 0 Å². The van der Waals surface area contributed by atoms with Gasteiger partial charge in [0, 0.05) is 18.2 Å². The zero-order valence-electron chi connectivity index (χ0n) is 12.5. The van der Waals surface area contributed by atoms with E-state index in [1.807, 2.05) is 0 Å². The standard InChI is InChI=1S/C15H17N3O5S/c16-15(18-19)10-2-1-3-11(8-10)23-12-4-5-13-14(9-12)24(20,21)17-6-7-22-13/h1-5,8-9,17,19-21H,6-7H2,(H2,16,18). The Labute approximate surface area is 140 Å². The predicted molar refractivity (Wildman–Crippen MR) is 90.1 cm³/mol. The molecule has 0 amide bonds. The summed E-state index contributed by atoms with van der Waals surface area (Å²) in [6, 6.07) is 11.5. The molecule has 0 atom stereocenters. The molecule has 1 aliphatic rings. The molecule has 0 saturated carbocycles. The molecule has 1 heterocycles. The third-order valence-electron chi connectivity index (χ3n) is 3.36. The first-order valence-electron chi connectivity index (χ1n) is 7.05. The summed E-state index contributed by atoms with van der Waals surface area (Å²) in [5.41, 5.74) is 6.06. The molecule has 0 bridgehead atoms. The van der Waals surface area contributed by atoms with E-state index in [1.165, 1.54) is 6.07 Å². The third-order valence-corrected chi connectivity index (χ3v) is 4.90. The van der Waals surface area contributed by atoms with Crippen LogP contribution in [0, 0.1) is 0 Å². The Morgan fingerprint density at radius 1 is 1.21 bits per heavy atom. The summed E-state index contributed by atoms with van der Waals surface area (Å²) in [6.07, 6.45) is 0. The van der Waals surface area contributed by atoms with Crippen LogP contribution in [0.15, 0.2) is 52.5 Å². The van der Waals surface area contributed by atoms with E-state index in [2.05, 4.69) is 9.88 Å². The van der Waals surface area contributed by atoms with E-state index in [1.54, 1.807) is 36.4 Å². The molecular formula is C15H17N3O5S. The first kappa shape index (κ1) is 16.4. The Morgan fingerprint density at radius 3 is 2.79 bits per heavy atom. The molecule has 0 saturated heterocycles. The molecule has 0 fully saturated rings. The average Bonchev–Trinajstić information content (AvgIpc) is 2.73. The molecule has 0 unspecified atom stereocenters. The lowest BCUT2D eigenvalue weighted by Crippen LogP contribution is -2.21. The summed E-state index contributed by atoms with van der Waals surface area (Å²) in [5.74, 6) is 1.22. The second kappa shape index (κ2) is 6.57. The van der Waals surface area contributed by atoms with Crippen LogP contribution >= 0.6 is 10.8 Å². The summed E-state index contributed by atoms with van der Waals surface area (Å²) in [4.78, 5) is 0.241. The zero-order chi connectivity index (χ0) is 17.2. The number of nitrogens with two attached hydrogens (primary N) is 1. The third kappa shape index (κ3) is 3.39.